The first-order valence-electron chi connectivity index (χ1n) is 2.44. The summed E-state index contributed by atoms with van der Waals surface area (Å²) >= 11 is 0. The maximum Gasteiger partial charge on any atom is 0.379 e. The Labute approximate surface area is 57.5 Å². The summed E-state index contributed by atoms with van der Waals surface area (Å²) in [5.74, 6) is -2.08. The lowest BCUT2D eigenvalue weighted by Gasteiger charge is -1.94. The van der Waals surface area contributed by atoms with Gasteiger partial charge in [0.05, 0.1) is 0 Å². The van der Waals surface area contributed by atoms with Crippen LogP contribution in [-0.2, 0) is 19.1 Å². The molecule has 4 heteroatoms. The van der Waals surface area contributed by atoms with Crippen LogP contribution in [0.15, 0.2) is 12.2 Å². The lowest BCUT2D eigenvalue weighted by Crippen LogP contribution is -2.12. The topological polar surface area (TPSA) is 60.4 Å². The van der Waals surface area contributed by atoms with Crippen molar-refractivity contribution in [1.82, 2.24) is 0 Å². The summed E-state index contributed by atoms with van der Waals surface area (Å²) in [6, 6.07) is 0. The zero-order valence-corrected chi connectivity index (χ0v) is 5.42. The molecular formula is C6H6O4. The Morgan fingerprint density at radius 2 is 2.00 bits per heavy atom. The molecule has 0 radical (unpaired) electrons. The first-order valence-corrected chi connectivity index (χ1v) is 2.44. The molecule has 0 bridgehead atoms. The van der Waals surface area contributed by atoms with Crippen LogP contribution in [0, 0.1) is 0 Å². The van der Waals surface area contributed by atoms with Crippen molar-refractivity contribution >= 4 is 18.2 Å². The van der Waals surface area contributed by atoms with E-state index >= 15 is 0 Å². The highest BCUT2D eigenvalue weighted by molar-refractivity contribution is 6.23. The van der Waals surface area contributed by atoms with Crippen molar-refractivity contribution in [3.63, 3.8) is 0 Å². The van der Waals surface area contributed by atoms with Gasteiger partial charge in [-0.1, -0.05) is 6.58 Å². The first kappa shape index (κ1) is 8.55. The minimum absolute atomic E-state index is 0.0789. The zero-order valence-electron chi connectivity index (χ0n) is 5.42. The maximum atomic E-state index is 10.4. The zero-order chi connectivity index (χ0) is 8.15. The van der Waals surface area contributed by atoms with Gasteiger partial charge in [0.1, 0.15) is 0 Å². The third-order valence-corrected chi connectivity index (χ3v) is 0.638. The monoisotopic (exact) mass is 142 g/mol. The molecule has 54 valence electrons. The van der Waals surface area contributed by atoms with Crippen LogP contribution in [0.3, 0.4) is 0 Å². The van der Waals surface area contributed by atoms with Gasteiger partial charge in [0, 0.05) is 5.57 Å². The highest BCUT2D eigenvalue weighted by atomic mass is 16.6. The Morgan fingerprint density at radius 1 is 1.50 bits per heavy atom. The van der Waals surface area contributed by atoms with E-state index in [1.165, 1.54) is 6.92 Å². The van der Waals surface area contributed by atoms with E-state index in [2.05, 4.69) is 11.3 Å². The van der Waals surface area contributed by atoms with Crippen LogP contribution in [0.25, 0.3) is 0 Å². The first-order chi connectivity index (χ1) is 4.57. The second-order valence-corrected chi connectivity index (χ2v) is 1.61. The predicted octanol–water partition coefficient (Wildman–Crippen LogP) is -0.169. The van der Waals surface area contributed by atoms with Crippen molar-refractivity contribution in [2.75, 3.05) is 0 Å². The minimum atomic E-state index is -1.20. The molecule has 0 unspecified atom stereocenters. The summed E-state index contributed by atoms with van der Waals surface area (Å²) in [4.78, 5) is 30.1. The van der Waals surface area contributed by atoms with E-state index in [4.69, 9.17) is 0 Å². The van der Waals surface area contributed by atoms with Gasteiger partial charge in [-0.2, -0.15) is 0 Å². The van der Waals surface area contributed by atoms with Gasteiger partial charge in [0.25, 0.3) is 0 Å². The molecule has 10 heavy (non-hydrogen) atoms. The average molecular weight is 142 g/mol. The van der Waals surface area contributed by atoms with E-state index in [-0.39, 0.29) is 11.9 Å². The fourth-order valence-corrected chi connectivity index (χ4v) is 0.203. The molecule has 0 aromatic rings. The summed E-state index contributed by atoms with van der Waals surface area (Å²) in [6.07, 6.45) is -0.0825. The Hall–Kier alpha value is -1.45. The van der Waals surface area contributed by atoms with Crippen LogP contribution >= 0.6 is 0 Å². The van der Waals surface area contributed by atoms with Crippen LogP contribution in [0.1, 0.15) is 6.92 Å². The van der Waals surface area contributed by atoms with Crippen LogP contribution in [-0.4, -0.2) is 18.2 Å². The SMILES string of the molecule is C=C(C)C(=O)OC(=O)C=O. The number of ether oxygens (including phenoxy) is 1. The second-order valence-electron chi connectivity index (χ2n) is 1.61. The molecule has 0 aromatic carbocycles. The smallest absolute Gasteiger partial charge is 0.379 e. The van der Waals surface area contributed by atoms with Gasteiger partial charge in [-0.15, -0.1) is 0 Å². The molecule has 0 saturated carbocycles. The van der Waals surface area contributed by atoms with Crippen molar-refractivity contribution in [3.8, 4) is 0 Å². The number of hydrogen-bond donors (Lipinski definition) is 0. The largest absolute Gasteiger partial charge is 0.384 e. The van der Waals surface area contributed by atoms with Crippen molar-refractivity contribution in [2.45, 2.75) is 6.92 Å². The predicted molar refractivity (Wildman–Crippen MR) is 32.0 cm³/mol. The second kappa shape index (κ2) is 3.55. The molecular weight excluding hydrogens is 136 g/mol. The van der Waals surface area contributed by atoms with E-state index < -0.39 is 11.9 Å². The maximum absolute atomic E-state index is 10.4. The van der Waals surface area contributed by atoms with Crippen LogP contribution in [0.2, 0.25) is 0 Å². The van der Waals surface area contributed by atoms with Gasteiger partial charge in [-0.05, 0) is 6.92 Å². The Balaban J connectivity index is 3.92. The van der Waals surface area contributed by atoms with Gasteiger partial charge >= 0.3 is 11.9 Å². The number of esters is 2. The quantitative estimate of drug-likeness (QED) is 0.176. The molecule has 0 aliphatic rings. The Morgan fingerprint density at radius 3 is 2.30 bits per heavy atom. The fourth-order valence-electron chi connectivity index (χ4n) is 0.203. The molecule has 0 aliphatic carbocycles. The van der Waals surface area contributed by atoms with Gasteiger partial charge in [-0.25, -0.2) is 9.59 Å². The summed E-state index contributed by atoms with van der Waals surface area (Å²) in [5, 5.41) is 0. The molecule has 0 heterocycles. The molecule has 0 aromatic heterocycles. The van der Waals surface area contributed by atoms with E-state index in [0.717, 1.165) is 0 Å². The molecule has 4 nitrogen and oxygen atoms in total. The number of rotatable bonds is 2. The van der Waals surface area contributed by atoms with E-state index in [0.29, 0.717) is 0 Å². The number of aldehydes is 1. The molecule has 0 spiro atoms. The van der Waals surface area contributed by atoms with Crippen LogP contribution in [0.5, 0.6) is 0 Å². The molecule has 0 atom stereocenters. The standard InChI is InChI=1S/C6H6O4/c1-4(2)6(9)10-5(8)3-7/h3H,1H2,2H3. The summed E-state index contributed by atoms with van der Waals surface area (Å²) in [6.45, 7) is 4.58. The van der Waals surface area contributed by atoms with Crippen molar-refractivity contribution in [2.24, 2.45) is 0 Å². The number of carbonyl (C=O) groups is 3. The minimum Gasteiger partial charge on any atom is -0.384 e. The molecule has 0 N–H and O–H groups in total. The van der Waals surface area contributed by atoms with Gasteiger partial charge in [-0.3, -0.25) is 4.79 Å². The van der Waals surface area contributed by atoms with Crippen molar-refractivity contribution in [3.05, 3.63) is 12.2 Å². The average Bonchev–Trinajstić information content (AvgIpc) is 1.87. The summed E-state index contributed by atoms with van der Waals surface area (Å²) in [7, 11) is 0. The summed E-state index contributed by atoms with van der Waals surface area (Å²) in [5.41, 5.74) is 0.0789. The van der Waals surface area contributed by atoms with Crippen LogP contribution in [0.4, 0.5) is 0 Å². The van der Waals surface area contributed by atoms with Gasteiger partial charge in [0.2, 0.25) is 6.29 Å². The van der Waals surface area contributed by atoms with E-state index in [9.17, 15) is 14.4 Å². The number of carbonyl (C=O) groups excluding carboxylic acids is 3. The van der Waals surface area contributed by atoms with Gasteiger partial charge < -0.3 is 4.74 Å². The molecule has 0 amide bonds. The third kappa shape index (κ3) is 2.76. The highest BCUT2D eigenvalue weighted by Crippen LogP contribution is 1.90. The van der Waals surface area contributed by atoms with E-state index in [1.54, 1.807) is 0 Å². The fraction of sp³-hybridized carbons (Fsp3) is 0.167. The van der Waals surface area contributed by atoms with Crippen molar-refractivity contribution in [1.29, 1.82) is 0 Å². The lowest BCUT2D eigenvalue weighted by molar-refractivity contribution is -0.158. The molecule has 0 fully saturated rings. The third-order valence-electron chi connectivity index (χ3n) is 0.638. The highest BCUT2D eigenvalue weighted by Gasteiger charge is 2.08. The molecule has 0 rings (SSSR count). The van der Waals surface area contributed by atoms with E-state index in [1.807, 2.05) is 0 Å². The van der Waals surface area contributed by atoms with Crippen molar-refractivity contribution < 1.29 is 19.1 Å². The lowest BCUT2D eigenvalue weighted by atomic mass is 10.4. The molecule has 0 aliphatic heterocycles. The molecule has 0 saturated heterocycles. The summed E-state index contributed by atoms with van der Waals surface area (Å²) < 4.78 is 3.92. The van der Waals surface area contributed by atoms with Crippen LogP contribution < -0.4 is 0 Å². The Bertz CT molecular complexity index is 192. The van der Waals surface area contributed by atoms with Gasteiger partial charge in [0.15, 0.2) is 0 Å². The number of hydrogen-bond acceptors (Lipinski definition) is 4. The Kier molecular flexibility index (Phi) is 3.04. The normalized spacial score (nSPS) is 8.10.